The molecule has 0 radical (unpaired) electrons. The van der Waals surface area contributed by atoms with E-state index >= 15 is 0 Å². The van der Waals surface area contributed by atoms with Crippen molar-refractivity contribution < 1.29 is 28.9 Å². The van der Waals surface area contributed by atoms with Gasteiger partial charge in [0.1, 0.15) is 6.61 Å². The zero-order valence-electron chi connectivity index (χ0n) is 16.0. The third kappa shape index (κ3) is 8.28. The minimum atomic E-state index is -1.82. The molecule has 29 heavy (non-hydrogen) atoms. The lowest BCUT2D eigenvalue weighted by molar-refractivity contribution is -0.159. The molecule has 3 rings (SSSR count). The highest BCUT2D eigenvalue weighted by atomic mass is 19.1. The van der Waals surface area contributed by atoms with Crippen molar-refractivity contribution in [3.63, 3.8) is 0 Å². The van der Waals surface area contributed by atoms with E-state index in [0.29, 0.717) is 12.4 Å². The Morgan fingerprint density at radius 2 is 1.41 bits per heavy atom. The van der Waals surface area contributed by atoms with Crippen LogP contribution in [0.5, 0.6) is 5.75 Å². The maximum Gasteiger partial charge on any atom is 0.414 e. The van der Waals surface area contributed by atoms with E-state index in [2.05, 4.69) is 40.1 Å². The van der Waals surface area contributed by atoms with Crippen LogP contribution in [0.15, 0.2) is 54.6 Å². The van der Waals surface area contributed by atoms with Gasteiger partial charge >= 0.3 is 11.9 Å². The molecule has 1 saturated heterocycles. The molecule has 0 saturated carbocycles. The highest BCUT2D eigenvalue weighted by Crippen LogP contribution is 2.15. The van der Waals surface area contributed by atoms with Crippen LogP contribution in [0.25, 0.3) is 0 Å². The first-order chi connectivity index (χ1) is 14.0. The molecule has 2 aromatic carbocycles. The fraction of sp³-hybridized carbons (Fsp3) is 0.333. The number of carboxylic acids is 2. The van der Waals surface area contributed by atoms with Crippen LogP contribution in [-0.4, -0.2) is 71.3 Å². The van der Waals surface area contributed by atoms with E-state index in [9.17, 15) is 4.39 Å². The second-order valence-electron chi connectivity index (χ2n) is 6.49. The number of rotatable bonds is 6. The highest BCUT2D eigenvalue weighted by molar-refractivity contribution is 6.27. The van der Waals surface area contributed by atoms with Crippen LogP contribution in [0.2, 0.25) is 0 Å². The molecule has 1 aliphatic heterocycles. The molecule has 7 nitrogen and oxygen atoms in total. The van der Waals surface area contributed by atoms with Gasteiger partial charge in [-0.05, 0) is 17.7 Å². The number of carbonyl (C=O) groups is 2. The Bertz CT molecular complexity index is 768. The van der Waals surface area contributed by atoms with Crippen LogP contribution in [0.1, 0.15) is 5.56 Å². The molecule has 1 aliphatic rings. The predicted octanol–water partition coefficient (Wildman–Crippen LogP) is 2.18. The lowest BCUT2D eigenvalue weighted by Crippen LogP contribution is -2.47. The average Bonchev–Trinajstić information content (AvgIpc) is 2.72. The lowest BCUT2D eigenvalue weighted by atomic mass is 10.2. The molecule has 0 bridgehead atoms. The van der Waals surface area contributed by atoms with E-state index in [0.717, 1.165) is 39.3 Å². The van der Waals surface area contributed by atoms with Crippen molar-refractivity contribution in [3.8, 4) is 5.75 Å². The van der Waals surface area contributed by atoms with Crippen LogP contribution in [0, 0.1) is 5.82 Å². The Morgan fingerprint density at radius 3 is 2.00 bits per heavy atom. The van der Waals surface area contributed by atoms with Gasteiger partial charge in [0.25, 0.3) is 0 Å². The summed E-state index contributed by atoms with van der Waals surface area (Å²) in [6, 6.07) is 17.2. The molecule has 1 heterocycles. The van der Waals surface area contributed by atoms with Gasteiger partial charge in [-0.3, -0.25) is 9.80 Å². The number of piperazine rings is 1. The molecule has 8 heteroatoms. The van der Waals surface area contributed by atoms with E-state index < -0.39 is 11.9 Å². The Balaban J connectivity index is 0.000000438. The van der Waals surface area contributed by atoms with Crippen molar-refractivity contribution in [2.75, 3.05) is 39.3 Å². The first-order valence-corrected chi connectivity index (χ1v) is 9.28. The van der Waals surface area contributed by atoms with E-state index in [4.69, 9.17) is 24.5 Å². The second kappa shape index (κ2) is 11.8. The van der Waals surface area contributed by atoms with Crippen LogP contribution < -0.4 is 4.74 Å². The zero-order chi connectivity index (χ0) is 21.1. The smallest absolute Gasteiger partial charge is 0.414 e. The molecule has 0 aliphatic carbocycles. The Labute approximate surface area is 168 Å². The van der Waals surface area contributed by atoms with Crippen molar-refractivity contribution in [2.45, 2.75) is 6.54 Å². The third-order valence-electron chi connectivity index (χ3n) is 4.40. The molecule has 156 valence electrons. The summed E-state index contributed by atoms with van der Waals surface area (Å²) in [5, 5.41) is 14.8. The Morgan fingerprint density at radius 1 is 0.862 bits per heavy atom. The summed E-state index contributed by atoms with van der Waals surface area (Å²) in [5.41, 5.74) is 1.36. The molecule has 0 aromatic heterocycles. The van der Waals surface area contributed by atoms with Gasteiger partial charge in [-0.15, -0.1) is 0 Å². The van der Waals surface area contributed by atoms with Gasteiger partial charge in [0.2, 0.25) is 0 Å². The first kappa shape index (κ1) is 22.3. The number of carboxylic acid groups (broad SMARTS) is 2. The fourth-order valence-electron chi connectivity index (χ4n) is 2.86. The Kier molecular flexibility index (Phi) is 9.07. The summed E-state index contributed by atoms with van der Waals surface area (Å²) in [4.78, 5) is 23.1. The van der Waals surface area contributed by atoms with Crippen molar-refractivity contribution in [1.82, 2.24) is 9.80 Å². The second-order valence-corrected chi connectivity index (χ2v) is 6.49. The largest absolute Gasteiger partial charge is 0.489 e. The van der Waals surface area contributed by atoms with Crippen LogP contribution in [-0.2, 0) is 16.1 Å². The quantitative estimate of drug-likeness (QED) is 0.713. The van der Waals surface area contributed by atoms with Crippen LogP contribution in [0.4, 0.5) is 4.39 Å². The minimum absolute atomic E-state index is 0.291. The van der Waals surface area contributed by atoms with Gasteiger partial charge in [0.15, 0.2) is 11.6 Å². The number of ether oxygens (including phenoxy) is 1. The summed E-state index contributed by atoms with van der Waals surface area (Å²) >= 11 is 0. The molecule has 1 fully saturated rings. The summed E-state index contributed by atoms with van der Waals surface area (Å²) in [6.45, 7) is 6.58. The zero-order valence-corrected chi connectivity index (χ0v) is 16.0. The van der Waals surface area contributed by atoms with Crippen molar-refractivity contribution in [2.24, 2.45) is 0 Å². The van der Waals surface area contributed by atoms with E-state index in [1.807, 2.05) is 0 Å². The number of aliphatic carboxylic acids is 2. The summed E-state index contributed by atoms with van der Waals surface area (Å²) in [5.74, 6) is -3.60. The summed E-state index contributed by atoms with van der Waals surface area (Å²) in [7, 11) is 0. The normalized spacial score (nSPS) is 14.5. The van der Waals surface area contributed by atoms with Gasteiger partial charge in [0.05, 0.1) is 0 Å². The lowest BCUT2D eigenvalue weighted by Gasteiger charge is -2.34. The number of hydrogen-bond donors (Lipinski definition) is 2. The monoisotopic (exact) mass is 404 g/mol. The standard InChI is InChI=1S/C19H23FN2O.C2H2O4/c20-18-8-4-5-9-19(18)23-15-14-21-10-12-22(13-11-21)16-17-6-2-1-3-7-17;3-1(4)2(5)6/h1-9H,10-16H2;(H,3,4)(H,5,6). The molecule has 0 amide bonds. The van der Waals surface area contributed by atoms with Gasteiger partial charge < -0.3 is 14.9 Å². The van der Waals surface area contributed by atoms with Crippen LogP contribution in [0.3, 0.4) is 0 Å². The molecular formula is C21H25FN2O5. The number of nitrogens with zero attached hydrogens (tertiary/aromatic N) is 2. The van der Waals surface area contributed by atoms with Gasteiger partial charge in [-0.25, -0.2) is 14.0 Å². The molecular weight excluding hydrogens is 379 g/mol. The average molecular weight is 404 g/mol. The van der Waals surface area contributed by atoms with E-state index in [1.54, 1.807) is 18.2 Å². The van der Waals surface area contributed by atoms with Crippen molar-refractivity contribution in [3.05, 3.63) is 66.0 Å². The molecule has 0 atom stereocenters. The van der Waals surface area contributed by atoms with E-state index in [1.165, 1.54) is 11.6 Å². The third-order valence-corrected chi connectivity index (χ3v) is 4.40. The maximum atomic E-state index is 13.5. The number of halogens is 1. The Hall–Kier alpha value is -2.97. The fourth-order valence-corrected chi connectivity index (χ4v) is 2.86. The first-order valence-electron chi connectivity index (χ1n) is 9.28. The van der Waals surface area contributed by atoms with Crippen LogP contribution >= 0.6 is 0 Å². The number of hydrogen-bond acceptors (Lipinski definition) is 5. The summed E-state index contributed by atoms with van der Waals surface area (Å²) < 4.78 is 19.0. The minimum Gasteiger partial charge on any atom is -0.489 e. The topological polar surface area (TPSA) is 90.3 Å². The van der Waals surface area contributed by atoms with Gasteiger partial charge in [-0.2, -0.15) is 0 Å². The molecule has 2 aromatic rings. The molecule has 0 spiro atoms. The van der Waals surface area contributed by atoms with Crippen molar-refractivity contribution in [1.29, 1.82) is 0 Å². The van der Waals surface area contributed by atoms with Gasteiger partial charge in [0, 0.05) is 39.3 Å². The predicted molar refractivity (Wildman–Crippen MR) is 105 cm³/mol. The SMILES string of the molecule is Fc1ccccc1OCCN1CCN(Cc2ccccc2)CC1.O=C(O)C(=O)O. The number of benzene rings is 2. The summed E-state index contributed by atoms with van der Waals surface area (Å²) in [6.07, 6.45) is 0. The number of para-hydroxylation sites is 1. The molecule has 0 unspecified atom stereocenters. The van der Waals surface area contributed by atoms with Crippen molar-refractivity contribution >= 4 is 11.9 Å². The molecule has 2 N–H and O–H groups in total. The van der Waals surface area contributed by atoms with Gasteiger partial charge in [-0.1, -0.05) is 42.5 Å². The van der Waals surface area contributed by atoms with E-state index in [-0.39, 0.29) is 5.82 Å². The highest BCUT2D eigenvalue weighted by Gasteiger charge is 2.16. The maximum absolute atomic E-state index is 13.5.